The van der Waals surface area contributed by atoms with Crippen LogP contribution in [0.3, 0.4) is 0 Å². The number of imidazole rings is 1. The van der Waals surface area contributed by atoms with E-state index in [2.05, 4.69) is 29.2 Å². The van der Waals surface area contributed by atoms with Crippen LogP contribution < -0.4 is 28.5 Å². The first kappa shape index (κ1) is 18.4. The fourth-order valence-corrected chi connectivity index (χ4v) is 2.14. The molecule has 1 rings (SSSR count). The summed E-state index contributed by atoms with van der Waals surface area (Å²) >= 11 is 0. The normalized spacial score (nSPS) is 10.1. The van der Waals surface area contributed by atoms with Crippen molar-refractivity contribution < 1.29 is 38.1 Å². The molecule has 0 spiro atoms. The highest BCUT2D eigenvalue weighted by molar-refractivity contribution is 5.69. The first-order valence-corrected chi connectivity index (χ1v) is 6.71. The molecule has 1 aromatic rings. The number of aromatic nitrogens is 2. The second kappa shape index (κ2) is 9.34. The van der Waals surface area contributed by atoms with E-state index in [9.17, 15) is 4.79 Å². The average Bonchev–Trinajstić information content (AvgIpc) is 2.63. The number of carbonyl (C=O) groups excluding carboxylic acids is 1. The smallest absolute Gasteiger partial charge is 0.305 e. The summed E-state index contributed by atoms with van der Waals surface area (Å²) in [6.07, 6.45) is 6.98. The first-order valence-electron chi connectivity index (χ1n) is 6.71. The molecule has 19 heavy (non-hydrogen) atoms. The Kier molecular flexibility index (Phi) is 9.05. The van der Waals surface area contributed by atoms with E-state index in [0.717, 1.165) is 13.0 Å². The number of carbonyl (C=O) groups is 1. The summed E-state index contributed by atoms with van der Waals surface area (Å²) in [7, 11) is 3.49. The number of esters is 1. The van der Waals surface area contributed by atoms with Gasteiger partial charge in [0.1, 0.15) is 11.9 Å². The molecule has 5 heteroatoms. The van der Waals surface area contributed by atoms with Crippen LogP contribution in [-0.4, -0.2) is 17.6 Å². The third kappa shape index (κ3) is 5.50. The lowest BCUT2D eigenvalue weighted by Gasteiger charge is -2.03. The fraction of sp³-hybridized carbons (Fsp3) is 0.714. The molecule has 0 unspecified atom stereocenters. The molecule has 1 aromatic heterocycles. The first-order chi connectivity index (χ1) is 8.60. The van der Waals surface area contributed by atoms with E-state index < -0.39 is 0 Å². The van der Waals surface area contributed by atoms with Crippen LogP contribution in [0.5, 0.6) is 0 Å². The van der Waals surface area contributed by atoms with Crippen molar-refractivity contribution in [1.29, 1.82) is 0 Å². The lowest BCUT2D eigenvalue weighted by molar-refractivity contribution is -0.677. The number of aryl methyl sites for hydroxylation is 2. The van der Waals surface area contributed by atoms with Gasteiger partial charge in [0.2, 0.25) is 0 Å². The van der Waals surface area contributed by atoms with Crippen LogP contribution in [0.15, 0.2) is 6.20 Å². The lowest BCUT2D eigenvalue weighted by Crippen LogP contribution is -3.00. The lowest BCUT2D eigenvalue weighted by atomic mass is 10.2. The quantitative estimate of drug-likeness (QED) is 0.261. The second-order valence-corrected chi connectivity index (χ2v) is 4.71. The molecule has 1 heterocycles. The standard InChI is InChI=1S/C14H25N2O2.HI/c1-5-6-7-10-16-12(2)15(3)11-13(16)8-9-14(17)18-4;/h11H,5-10H2,1-4H3;1H/q+1;/p-1. The molecule has 0 N–H and O–H groups in total. The van der Waals surface area contributed by atoms with E-state index in [1.807, 2.05) is 7.05 Å². The maximum atomic E-state index is 11.2. The third-order valence-corrected chi connectivity index (χ3v) is 3.39. The molecule has 0 bridgehead atoms. The van der Waals surface area contributed by atoms with E-state index in [-0.39, 0.29) is 29.9 Å². The van der Waals surface area contributed by atoms with Gasteiger partial charge >= 0.3 is 5.97 Å². The topological polar surface area (TPSA) is 35.1 Å². The van der Waals surface area contributed by atoms with Crippen molar-refractivity contribution in [2.75, 3.05) is 7.11 Å². The summed E-state index contributed by atoms with van der Waals surface area (Å²) in [5.74, 6) is 1.10. The highest BCUT2D eigenvalue weighted by Crippen LogP contribution is 2.09. The zero-order valence-electron chi connectivity index (χ0n) is 12.4. The van der Waals surface area contributed by atoms with Gasteiger partial charge in [0.15, 0.2) is 0 Å². The van der Waals surface area contributed by atoms with Gasteiger partial charge in [0, 0.05) is 13.3 Å². The Balaban J connectivity index is 0.00000324. The Hall–Kier alpha value is -0.590. The molecule has 0 fully saturated rings. The highest BCUT2D eigenvalue weighted by atomic mass is 127. The predicted octanol–water partition coefficient (Wildman–Crippen LogP) is -1.08. The molecule has 0 amide bonds. The van der Waals surface area contributed by atoms with Crippen LogP contribution >= 0.6 is 0 Å². The second-order valence-electron chi connectivity index (χ2n) is 4.71. The molecular formula is C14H25IN2O2. The summed E-state index contributed by atoms with van der Waals surface area (Å²) in [5, 5.41) is 0. The van der Waals surface area contributed by atoms with Gasteiger partial charge in [-0.2, -0.15) is 0 Å². The van der Waals surface area contributed by atoms with Crippen LogP contribution in [-0.2, 0) is 29.5 Å². The van der Waals surface area contributed by atoms with Crippen molar-refractivity contribution in [2.24, 2.45) is 7.05 Å². The Bertz CT molecular complexity index is 402. The van der Waals surface area contributed by atoms with Gasteiger partial charge in [-0.15, -0.1) is 0 Å². The summed E-state index contributed by atoms with van der Waals surface area (Å²) in [5.41, 5.74) is 1.22. The van der Waals surface area contributed by atoms with Gasteiger partial charge < -0.3 is 28.7 Å². The molecule has 0 aromatic carbocycles. The third-order valence-electron chi connectivity index (χ3n) is 3.39. The number of methoxy groups -OCH3 is 1. The van der Waals surface area contributed by atoms with Crippen molar-refractivity contribution in [3.05, 3.63) is 17.7 Å². The van der Waals surface area contributed by atoms with E-state index >= 15 is 0 Å². The van der Waals surface area contributed by atoms with Crippen LogP contribution in [0.1, 0.15) is 44.1 Å². The summed E-state index contributed by atoms with van der Waals surface area (Å²) in [4.78, 5) is 11.2. The largest absolute Gasteiger partial charge is 1.00 e. The molecule has 0 radical (unpaired) electrons. The van der Waals surface area contributed by atoms with Crippen molar-refractivity contribution in [3.63, 3.8) is 0 Å². The number of unbranched alkanes of at least 4 members (excludes halogenated alkanes) is 2. The Labute approximate surface area is 133 Å². The van der Waals surface area contributed by atoms with Crippen molar-refractivity contribution >= 4 is 5.97 Å². The van der Waals surface area contributed by atoms with Crippen LogP contribution in [0, 0.1) is 6.92 Å². The van der Waals surface area contributed by atoms with E-state index in [1.165, 1.54) is 37.9 Å². The van der Waals surface area contributed by atoms with E-state index in [1.54, 1.807) is 0 Å². The highest BCUT2D eigenvalue weighted by Gasteiger charge is 2.17. The average molecular weight is 380 g/mol. The van der Waals surface area contributed by atoms with Crippen LogP contribution in [0.2, 0.25) is 0 Å². The summed E-state index contributed by atoms with van der Waals surface area (Å²) < 4.78 is 9.13. The molecular weight excluding hydrogens is 355 g/mol. The van der Waals surface area contributed by atoms with Gasteiger partial charge in [0.25, 0.3) is 5.82 Å². The molecule has 4 nitrogen and oxygen atoms in total. The van der Waals surface area contributed by atoms with Crippen molar-refractivity contribution in [2.45, 2.75) is 52.5 Å². The minimum atomic E-state index is -0.142. The van der Waals surface area contributed by atoms with Gasteiger partial charge in [-0.05, 0) is 12.8 Å². The summed E-state index contributed by atoms with van der Waals surface area (Å²) in [6.45, 7) is 5.37. The predicted molar refractivity (Wildman–Crippen MR) is 70.2 cm³/mol. The molecule has 0 aliphatic heterocycles. The zero-order chi connectivity index (χ0) is 13.5. The maximum Gasteiger partial charge on any atom is 0.305 e. The fourth-order valence-electron chi connectivity index (χ4n) is 2.14. The molecule has 0 aliphatic rings. The number of rotatable bonds is 7. The number of nitrogens with zero attached hydrogens (tertiary/aromatic N) is 2. The van der Waals surface area contributed by atoms with E-state index in [4.69, 9.17) is 4.74 Å². The number of ether oxygens (including phenoxy) is 1. The zero-order valence-corrected chi connectivity index (χ0v) is 14.6. The van der Waals surface area contributed by atoms with Gasteiger partial charge in [0.05, 0.1) is 27.1 Å². The molecule has 110 valence electrons. The van der Waals surface area contributed by atoms with Crippen LogP contribution in [0.4, 0.5) is 0 Å². The van der Waals surface area contributed by atoms with Crippen molar-refractivity contribution in [1.82, 2.24) is 4.57 Å². The number of hydrogen-bond acceptors (Lipinski definition) is 2. The van der Waals surface area contributed by atoms with Gasteiger partial charge in [-0.25, -0.2) is 9.13 Å². The monoisotopic (exact) mass is 380 g/mol. The number of hydrogen-bond donors (Lipinski definition) is 0. The molecule has 0 saturated carbocycles. The van der Waals surface area contributed by atoms with E-state index in [0.29, 0.717) is 6.42 Å². The molecule has 0 aliphatic carbocycles. The Morgan fingerprint density at radius 1 is 1.42 bits per heavy atom. The van der Waals surface area contributed by atoms with Gasteiger partial charge in [-0.3, -0.25) is 4.79 Å². The maximum absolute atomic E-state index is 11.2. The minimum Gasteiger partial charge on any atom is -1.00 e. The van der Waals surface area contributed by atoms with Crippen molar-refractivity contribution in [3.8, 4) is 0 Å². The number of halogens is 1. The molecule has 0 saturated heterocycles. The summed E-state index contributed by atoms with van der Waals surface area (Å²) in [6, 6.07) is 0. The molecule has 0 atom stereocenters. The SMILES string of the molecule is CCCCCn1c(CCC(=O)OC)c[n+](C)c1C.[I-]. The van der Waals surface area contributed by atoms with Gasteiger partial charge in [-0.1, -0.05) is 13.3 Å². The van der Waals surface area contributed by atoms with Crippen LogP contribution in [0.25, 0.3) is 0 Å². The minimum absolute atomic E-state index is 0. The Morgan fingerprint density at radius 3 is 2.68 bits per heavy atom. The Morgan fingerprint density at radius 2 is 2.11 bits per heavy atom.